The molecule has 0 fully saturated rings. The number of hydrogen-bond donors (Lipinski definition) is 1. The average Bonchev–Trinajstić information content (AvgIpc) is 3.40. The zero-order chi connectivity index (χ0) is 22.7. The molecule has 32 heavy (non-hydrogen) atoms. The molecule has 0 radical (unpaired) electrons. The number of carbonyl (C=O) groups excluding carboxylic acids is 1. The molecule has 2 aromatic carbocycles. The molecule has 0 bridgehead atoms. The van der Waals surface area contributed by atoms with E-state index in [-0.39, 0.29) is 31.0 Å². The second kappa shape index (κ2) is 9.39. The van der Waals surface area contributed by atoms with Crippen LogP contribution in [0.15, 0.2) is 65.3 Å². The normalized spacial score (nSPS) is 11.4. The number of para-hydroxylation sites is 1. The van der Waals surface area contributed by atoms with Gasteiger partial charge < -0.3 is 14.3 Å². The van der Waals surface area contributed by atoms with Crippen molar-refractivity contribution in [2.24, 2.45) is 0 Å². The smallest absolute Gasteiger partial charge is 0.278 e. The maximum atomic E-state index is 14.3. The fraction of sp³-hybridized carbons (Fsp3) is 0.269. The Kier molecular flexibility index (Phi) is 6.40. The summed E-state index contributed by atoms with van der Waals surface area (Å²) in [4.78, 5) is 12.4. The van der Waals surface area contributed by atoms with Gasteiger partial charge in [-0.25, -0.2) is 8.78 Å². The summed E-state index contributed by atoms with van der Waals surface area (Å²) in [5, 5.41) is 3.56. The van der Waals surface area contributed by atoms with Gasteiger partial charge in [-0.2, -0.15) is 0 Å². The molecule has 4 rings (SSSR count). The summed E-state index contributed by atoms with van der Waals surface area (Å²) >= 11 is 0. The van der Waals surface area contributed by atoms with Crippen molar-refractivity contribution in [3.63, 3.8) is 0 Å². The van der Waals surface area contributed by atoms with Gasteiger partial charge >= 0.3 is 0 Å². The van der Waals surface area contributed by atoms with E-state index in [1.165, 1.54) is 0 Å². The van der Waals surface area contributed by atoms with E-state index < -0.39 is 6.43 Å². The van der Waals surface area contributed by atoms with E-state index in [1.54, 1.807) is 23.0 Å². The third-order valence-corrected chi connectivity index (χ3v) is 5.80. The molecule has 0 saturated carbocycles. The SMILES string of the molecule is Cc1ccc(C)c(Cn2c(C(F)F)c(CCC(=O)NCc3ccco3)c3ccccc32)c1. The third-order valence-electron chi connectivity index (χ3n) is 5.80. The van der Waals surface area contributed by atoms with E-state index >= 15 is 0 Å². The lowest BCUT2D eigenvalue weighted by atomic mass is 10.0. The Balaban J connectivity index is 1.64. The molecule has 0 saturated heterocycles. The van der Waals surface area contributed by atoms with Gasteiger partial charge in [0.25, 0.3) is 6.43 Å². The van der Waals surface area contributed by atoms with Crippen LogP contribution in [0.3, 0.4) is 0 Å². The molecule has 166 valence electrons. The minimum Gasteiger partial charge on any atom is -0.467 e. The van der Waals surface area contributed by atoms with Gasteiger partial charge in [-0.3, -0.25) is 4.79 Å². The van der Waals surface area contributed by atoms with Crippen molar-refractivity contribution in [1.29, 1.82) is 0 Å². The molecule has 2 aromatic heterocycles. The van der Waals surface area contributed by atoms with E-state index in [0.717, 1.165) is 27.6 Å². The lowest BCUT2D eigenvalue weighted by Gasteiger charge is -2.14. The van der Waals surface area contributed by atoms with Crippen LogP contribution in [0.5, 0.6) is 0 Å². The van der Waals surface area contributed by atoms with Gasteiger partial charge in [0.2, 0.25) is 5.91 Å². The highest BCUT2D eigenvalue weighted by atomic mass is 19.3. The number of halogens is 2. The highest BCUT2D eigenvalue weighted by Crippen LogP contribution is 2.35. The molecule has 0 unspecified atom stereocenters. The number of rotatable bonds is 8. The molecule has 1 N–H and O–H groups in total. The highest BCUT2D eigenvalue weighted by molar-refractivity contribution is 5.87. The molecule has 0 aliphatic heterocycles. The van der Waals surface area contributed by atoms with Gasteiger partial charge in [-0.1, -0.05) is 42.0 Å². The van der Waals surface area contributed by atoms with Crippen LogP contribution >= 0.6 is 0 Å². The zero-order valence-corrected chi connectivity index (χ0v) is 18.2. The minimum atomic E-state index is -2.64. The molecule has 0 aliphatic carbocycles. The largest absolute Gasteiger partial charge is 0.467 e. The number of carbonyl (C=O) groups is 1. The summed E-state index contributed by atoms with van der Waals surface area (Å²) in [6.07, 6.45) is -0.739. The predicted molar refractivity (Wildman–Crippen MR) is 121 cm³/mol. The molecule has 0 atom stereocenters. The van der Waals surface area contributed by atoms with Gasteiger partial charge in [0.1, 0.15) is 5.76 Å². The van der Waals surface area contributed by atoms with Crippen molar-refractivity contribution in [3.05, 3.63) is 94.6 Å². The Morgan fingerprint density at radius 1 is 1.09 bits per heavy atom. The monoisotopic (exact) mass is 436 g/mol. The lowest BCUT2D eigenvalue weighted by Crippen LogP contribution is -2.22. The number of aromatic nitrogens is 1. The Bertz CT molecular complexity index is 1230. The molecule has 4 nitrogen and oxygen atoms in total. The number of benzene rings is 2. The number of amides is 1. The summed E-state index contributed by atoms with van der Waals surface area (Å²) in [6, 6.07) is 17.0. The summed E-state index contributed by atoms with van der Waals surface area (Å²) in [6.45, 7) is 4.63. The van der Waals surface area contributed by atoms with Crippen LogP contribution in [-0.2, 0) is 24.3 Å². The first-order valence-electron chi connectivity index (χ1n) is 10.7. The number of alkyl halides is 2. The number of nitrogens with one attached hydrogen (secondary N) is 1. The molecular formula is C26H26F2N2O2. The van der Waals surface area contributed by atoms with E-state index in [2.05, 4.69) is 5.32 Å². The molecule has 2 heterocycles. The van der Waals surface area contributed by atoms with Crippen molar-refractivity contribution in [2.75, 3.05) is 0 Å². The Hall–Kier alpha value is -3.41. The van der Waals surface area contributed by atoms with Gasteiger partial charge in [-0.05, 0) is 55.2 Å². The maximum absolute atomic E-state index is 14.3. The van der Waals surface area contributed by atoms with Gasteiger partial charge in [0, 0.05) is 23.9 Å². The molecule has 0 aliphatic rings. The second-order valence-corrected chi connectivity index (χ2v) is 8.05. The van der Waals surface area contributed by atoms with Crippen LogP contribution in [-0.4, -0.2) is 10.5 Å². The van der Waals surface area contributed by atoms with Crippen molar-refractivity contribution in [3.8, 4) is 0 Å². The maximum Gasteiger partial charge on any atom is 0.278 e. The molecule has 1 amide bonds. The second-order valence-electron chi connectivity index (χ2n) is 8.05. The Morgan fingerprint density at radius 3 is 2.66 bits per heavy atom. The fourth-order valence-electron chi connectivity index (χ4n) is 4.14. The summed E-state index contributed by atoms with van der Waals surface area (Å²) < 4.78 is 35.6. The molecular weight excluding hydrogens is 410 g/mol. The number of fused-ring (bicyclic) bond motifs is 1. The number of nitrogens with zero attached hydrogens (tertiary/aromatic N) is 1. The minimum absolute atomic E-state index is 0.00839. The van der Waals surface area contributed by atoms with Crippen LogP contribution in [0.2, 0.25) is 0 Å². The van der Waals surface area contributed by atoms with E-state index in [9.17, 15) is 13.6 Å². The van der Waals surface area contributed by atoms with Crippen molar-refractivity contribution in [2.45, 2.75) is 46.2 Å². The molecule has 0 spiro atoms. The van der Waals surface area contributed by atoms with Crippen LogP contribution in [0.1, 0.15) is 46.6 Å². The molecule has 4 aromatic rings. The van der Waals surface area contributed by atoms with Gasteiger partial charge in [0.15, 0.2) is 0 Å². The third kappa shape index (κ3) is 4.59. The van der Waals surface area contributed by atoms with E-state index in [0.29, 0.717) is 17.9 Å². The number of hydrogen-bond acceptors (Lipinski definition) is 2. The highest BCUT2D eigenvalue weighted by Gasteiger charge is 2.24. The lowest BCUT2D eigenvalue weighted by molar-refractivity contribution is -0.121. The first-order valence-corrected chi connectivity index (χ1v) is 10.7. The van der Waals surface area contributed by atoms with Crippen LogP contribution in [0.4, 0.5) is 8.78 Å². The first-order chi connectivity index (χ1) is 15.4. The van der Waals surface area contributed by atoms with Crippen molar-refractivity contribution < 1.29 is 18.0 Å². The zero-order valence-electron chi connectivity index (χ0n) is 18.2. The standard InChI is InChI=1S/C26H26F2N2O2/c1-17-9-10-18(2)19(14-17)16-30-23-8-4-3-7-21(23)22(25(30)26(27)28)11-12-24(31)29-15-20-6-5-13-32-20/h3-10,13-14,26H,11-12,15-16H2,1-2H3,(H,29,31). The van der Waals surface area contributed by atoms with E-state index in [1.807, 2.05) is 56.3 Å². The Labute approximate surface area is 185 Å². The van der Waals surface area contributed by atoms with Crippen LogP contribution in [0.25, 0.3) is 10.9 Å². The number of aryl methyl sites for hydroxylation is 3. The quantitative estimate of drug-likeness (QED) is 0.364. The predicted octanol–water partition coefficient (Wildman–Crippen LogP) is 6.09. The van der Waals surface area contributed by atoms with Crippen molar-refractivity contribution in [1.82, 2.24) is 9.88 Å². The van der Waals surface area contributed by atoms with Gasteiger partial charge in [0.05, 0.1) is 18.5 Å². The summed E-state index contributed by atoms with van der Waals surface area (Å²) in [5.74, 6) is 0.449. The molecule has 6 heteroatoms. The van der Waals surface area contributed by atoms with E-state index in [4.69, 9.17) is 4.42 Å². The summed E-state index contributed by atoms with van der Waals surface area (Å²) in [5.41, 5.74) is 4.45. The number of furan rings is 1. The average molecular weight is 437 g/mol. The van der Waals surface area contributed by atoms with Crippen molar-refractivity contribution >= 4 is 16.8 Å². The Morgan fingerprint density at radius 2 is 1.91 bits per heavy atom. The van der Waals surface area contributed by atoms with Crippen LogP contribution < -0.4 is 5.32 Å². The van der Waals surface area contributed by atoms with Crippen LogP contribution in [0, 0.1) is 13.8 Å². The summed E-state index contributed by atoms with van der Waals surface area (Å²) in [7, 11) is 0. The topological polar surface area (TPSA) is 47.2 Å². The fourth-order valence-corrected chi connectivity index (χ4v) is 4.14. The first kappa shape index (κ1) is 21.8. The van der Waals surface area contributed by atoms with Gasteiger partial charge in [-0.15, -0.1) is 0 Å².